The number of hydrogen-bond donors (Lipinski definition) is 0. The minimum atomic E-state index is 0. The lowest BCUT2D eigenvalue weighted by atomic mass is 10.2. The fourth-order valence-electron chi connectivity index (χ4n) is 1.06. The Morgan fingerprint density at radius 1 is 1.42 bits per heavy atom. The van der Waals surface area contributed by atoms with E-state index in [0.29, 0.717) is 5.88 Å². The highest BCUT2D eigenvalue weighted by Crippen LogP contribution is 2.18. The molecule has 0 saturated carbocycles. The maximum Gasteiger partial charge on any atom is 0.137 e. The molecule has 4 heteroatoms. The van der Waals surface area contributed by atoms with E-state index in [9.17, 15) is 0 Å². The zero-order valence-corrected chi connectivity index (χ0v) is 7.73. The molecule has 0 aromatic carbocycles. The number of pyridine rings is 1. The van der Waals surface area contributed by atoms with Gasteiger partial charge in [-0.1, -0.05) is 0 Å². The average Bonchev–Trinajstić information content (AvgIpc) is 2.50. The van der Waals surface area contributed by atoms with Crippen molar-refractivity contribution in [3.63, 3.8) is 0 Å². The second-order valence-corrected chi connectivity index (χ2v) is 2.49. The van der Waals surface area contributed by atoms with Crippen molar-refractivity contribution in [3.05, 3.63) is 30.3 Å². The van der Waals surface area contributed by atoms with E-state index in [0.717, 1.165) is 16.7 Å². The number of halogens is 2. The van der Waals surface area contributed by atoms with Gasteiger partial charge in [-0.25, -0.2) is 0 Å². The summed E-state index contributed by atoms with van der Waals surface area (Å²) >= 11 is 5.66. The van der Waals surface area contributed by atoms with Gasteiger partial charge in [0, 0.05) is 11.6 Å². The van der Waals surface area contributed by atoms with E-state index in [1.54, 1.807) is 12.5 Å². The number of fused-ring (bicyclic) bond motifs is 1. The molecule has 0 aliphatic rings. The van der Waals surface area contributed by atoms with Crippen LogP contribution in [-0.4, -0.2) is 4.98 Å². The highest BCUT2D eigenvalue weighted by molar-refractivity contribution is 6.17. The van der Waals surface area contributed by atoms with Gasteiger partial charge in [0.15, 0.2) is 0 Å². The Labute approximate surface area is 80.9 Å². The van der Waals surface area contributed by atoms with Crippen LogP contribution in [0, 0.1) is 0 Å². The molecular weight excluding hydrogens is 197 g/mol. The van der Waals surface area contributed by atoms with E-state index in [1.165, 1.54) is 0 Å². The van der Waals surface area contributed by atoms with Crippen LogP contribution in [0.1, 0.15) is 5.69 Å². The molecule has 0 aliphatic heterocycles. The van der Waals surface area contributed by atoms with Crippen LogP contribution in [-0.2, 0) is 5.88 Å². The monoisotopic (exact) mass is 203 g/mol. The first-order valence-corrected chi connectivity index (χ1v) is 3.82. The molecule has 0 aliphatic carbocycles. The fourth-order valence-corrected chi connectivity index (χ4v) is 1.27. The summed E-state index contributed by atoms with van der Waals surface area (Å²) in [5.74, 6) is 0.427. The van der Waals surface area contributed by atoms with Gasteiger partial charge in [0.1, 0.15) is 5.58 Å². The Kier molecular flexibility index (Phi) is 2.95. The van der Waals surface area contributed by atoms with E-state index < -0.39 is 0 Å². The summed E-state index contributed by atoms with van der Waals surface area (Å²) in [6.45, 7) is 0. The Hall–Kier alpha value is -0.730. The fraction of sp³-hybridized carbons (Fsp3) is 0.125. The highest BCUT2D eigenvalue weighted by Gasteiger charge is 2.01. The molecule has 0 amide bonds. The van der Waals surface area contributed by atoms with Crippen molar-refractivity contribution in [1.29, 1.82) is 0 Å². The van der Waals surface area contributed by atoms with Gasteiger partial charge in [0.2, 0.25) is 0 Å². The molecule has 2 rings (SSSR count). The van der Waals surface area contributed by atoms with Crippen molar-refractivity contribution >= 4 is 35.0 Å². The Balaban J connectivity index is 0.000000720. The van der Waals surface area contributed by atoms with Crippen LogP contribution in [0.5, 0.6) is 0 Å². The molecule has 0 bridgehead atoms. The molecular formula is C8H7Cl2NO. The summed E-state index contributed by atoms with van der Waals surface area (Å²) in [6, 6.07) is 3.70. The summed E-state index contributed by atoms with van der Waals surface area (Å²) in [5, 5.41) is 1.00. The quantitative estimate of drug-likeness (QED) is 0.667. The number of furan rings is 1. The summed E-state index contributed by atoms with van der Waals surface area (Å²) < 4.78 is 5.16. The molecule has 0 atom stereocenters. The molecule has 0 saturated heterocycles. The predicted octanol–water partition coefficient (Wildman–Crippen LogP) is 2.99. The first kappa shape index (κ1) is 9.36. The van der Waals surface area contributed by atoms with E-state index in [4.69, 9.17) is 16.0 Å². The topological polar surface area (TPSA) is 26.0 Å². The molecule has 2 nitrogen and oxygen atoms in total. The lowest BCUT2D eigenvalue weighted by Gasteiger charge is -1.93. The minimum absolute atomic E-state index is 0. The summed E-state index contributed by atoms with van der Waals surface area (Å²) in [4.78, 5) is 4.11. The van der Waals surface area contributed by atoms with Gasteiger partial charge in [0.25, 0.3) is 0 Å². The minimum Gasteiger partial charge on any atom is -0.464 e. The Bertz CT molecular complexity index is 372. The van der Waals surface area contributed by atoms with Crippen LogP contribution in [0.2, 0.25) is 0 Å². The van der Waals surface area contributed by atoms with Gasteiger partial charge in [-0.3, -0.25) is 4.98 Å². The maximum absolute atomic E-state index is 5.66. The SMILES string of the molecule is Cl.ClCc1nccc2occc12. The molecule has 64 valence electrons. The maximum atomic E-state index is 5.66. The second kappa shape index (κ2) is 3.78. The van der Waals surface area contributed by atoms with Gasteiger partial charge in [-0.2, -0.15) is 0 Å². The molecule has 2 aromatic rings. The molecule has 0 spiro atoms. The van der Waals surface area contributed by atoms with Crippen LogP contribution in [0.4, 0.5) is 0 Å². The lowest BCUT2D eigenvalue weighted by Crippen LogP contribution is -1.82. The molecule has 0 unspecified atom stereocenters. The van der Waals surface area contributed by atoms with Crippen LogP contribution in [0.25, 0.3) is 11.0 Å². The number of nitrogens with zero attached hydrogens (tertiary/aromatic N) is 1. The molecule has 2 aromatic heterocycles. The van der Waals surface area contributed by atoms with Crippen molar-refractivity contribution in [1.82, 2.24) is 4.98 Å². The van der Waals surface area contributed by atoms with Crippen molar-refractivity contribution in [2.45, 2.75) is 5.88 Å². The van der Waals surface area contributed by atoms with Gasteiger partial charge < -0.3 is 4.42 Å². The summed E-state index contributed by atoms with van der Waals surface area (Å²) in [6.07, 6.45) is 3.34. The van der Waals surface area contributed by atoms with Crippen molar-refractivity contribution < 1.29 is 4.42 Å². The molecule has 0 fully saturated rings. The average molecular weight is 204 g/mol. The van der Waals surface area contributed by atoms with E-state index >= 15 is 0 Å². The van der Waals surface area contributed by atoms with Crippen LogP contribution in [0.3, 0.4) is 0 Å². The largest absolute Gasteiger partial charge is 0.464 e. The van der Waals surface area contributed by atoms with Crippen LogP contribution in [0.15, 0.2) is 29.0 Å². The normalized spacial score (nSPS) is 9.75. The summed E-state index contributed by atoms with van der Waals surface area (Å²) in [7, 11) is 0. The lowest BCUT2D eigenvalue weighted by molar-refractivity contribution is 0.615. The highest BCUT2D eigenvalue weighted by atomic mass is 35.5. The standard InChI is InChI=1S/C8H6ClNO.ClH/c9-5-7-6-2-4-11-8(6)1-3-10-7;/h1-4H,5H2;1H. The molecule has 12 heavy (non-hydrogen) atoms. The number of aromatic nitrogens is 1. The number of rotatable bonds is 1. The third-order valence-electron chi connectivity index (χ3n) is 1.59. The third kappa shape index (κ3) is 1.40. The van der Waals surface area contributed by atoms with Crippen LogP contribution >= 0.6 is 24.0 Å². The predicted molar refractivity (Wildman–Crippen MR) is 50.8 cm³/mol. The van der Waals surface area contributed by atoms with Crippen molar-refractivity contribution in [2.24, 2.45) is 0 Å². The third-order valence-corrected chi connectivity index (χ3v) is 1.84. The Morgan fingerprint density at radius 3 is 3.00 bits per heavy atom. The van der Waals surface area contributed by atoms with Crippen molar-refractivity contribution in [2.75, 3.05) is 0 Å². The number of alkyl halides is 1. The molecule has 2 heterocycles. The molecule has 0 radical (unpaired) electrons. The van der Waals surface area contributed by atoms with Gasteiger partial charge in [0.05, 0.1) is 17.8 Å². The zero-order valence-electron chi connectivity index (χ0n) is 6.16. The second-order valence-electron chi connectivity index (χ2n) is 2.22. The Morgan fingerprint density at radius 2 is 2.25 bits per heavy atom. The van der Waals surface area contributed by atoms with Gasteiger partial charge in [-0.15, -0.1) is 24.0 Å². The zero-order chi connectivity index (χ0) is 7.68. The van der Waals surface area contributed by atoms with E-state index in [1.807, 2.05) is 12.1 Å². The first-order chi connectivity index (χ1) is 5.42. The van der Waals surface area contributed by atoms with Crippen molar-refractivity contribution in [3.8, 4) is 0 Å². The number of hydrogen-bond acceptors (Lipinski definition) is 2. The molecule has 0 N–H and O–H groups in total. The summed E-state index contributed by atoms with van der Waals surface area (Å²) in [5.41, 5.74) is 1.72. The van der Waals surface area contributed by atoms with Gasteiger partial charge in [-0.05, 0) is 12.1 Å². The van der Waals surface area contributed by atoms with Gasteiger partial charge >= 0.3 is 0 Å². The van der Waals surface area contributed by atoms with E-state index in [2.05, 4.69) is 4.98 Å². The first-order valence-electron chi connectivity index (χ1n) is 3.29. The van der Waals surface area contributed by atoms with Crippen LogP contribution < -0.4 is 0 Å². The van der Waals surface area contributed by atoms with E-state index in [-0.39, 0.29) is 12.4 Å². The smallest absolute Gasteiger partial charge is 0.137 e.